The average Bonchev–Trinajstić information content (AvgIpc) is 2.67. The molecule has 2 aromatic carbocycles. The zero-order chi connectivity index (χ0) is 20.3. The summed E-state index contributed by atoms with van der Waals surface area (Å²) in [5.41, 5.74) is 1.26. The van der Waals surface area contributed by atoms with E-state index in [4.69, 9.17) is 4.74 Å². The number of aromatic nitrogens is 2. The van der Waals surface area contributed by atoms with Crippen LogP contribution in [0.3, 0.4) is 0 Å². The number of rotatable bonds is 5. The van der Waals surface area contributed by atoms with Gasteiger partial charge in [0, 0.05) is 5.69 Å². The zero-order valence-corrected chi connectivity index (χ0v) is 15.8. The molecule has 0 fully saturated rings. The second kappa shape index (κ2) is 8.35. The van der Waals surface area contributed by atoms with Crippen molar-refractivity contribution < 1.29 is 18.3 Å². The minimum absolute atomic E-state index is 0.140. The molecule has 28 heavy (non-hydrogen) atoms. The van der Waals surface area contributed by atoms with Gasteiger partial charge < -0.3 is 9.72 Å². The summed E-state index contributed by atoms with van der Waals surface area (Å²) >= 11 is 1.13. The number of carbonyl (C=O) groups is 1. The maximum atomic E-state index is 13.4. The van der Waals surface area contributed by atoms with Crippen molar-refractivity contribution in [1.82, 2.24) is 9.97 Å². The van der Waals surface area contributed by atoms with Crippen LogP contribution in [0.1, 0.15) is 32.4 Å². The molecule has 1 N–H and O–H groups in total. The lowest BCUT2D eigenvalue weighted by atomic mass is 10.0. The fourth-order valence-electron chi connectivity index (χ4n) is 2.70. The van der Waals surface area contributed by atoms with Crippen LogP contribution in [0.25, 0.3) is 0 Å². The molecule has 0 unspecified atom stereocenters. The van der Waals surface area contributed by atoms with Gasteiger partial charge in [0.15, 0.2) is 0 Å². The Balaban J connectivity index is 2.12. The van der Waals surface area contributed by atoms with E-state index in [1.807, 2.05) is 0 Å². The van der Waals surface area contributed by atoms with E-state index in [9.17, 15) is 18.4 Å². The largest absolute Gasteiger partial charge is 0.465 e. The third-order valence-electron chi connectivity index (χ3n) is 4.05. The molecular formula is C20H16F2N2O3S. The zero-order valence-electron chi connectivity index (χ0n) is 15.0. The van der Waals surface area contributed by atoms with Crippen molar-refractivity contribution >= 4 is 17.7 Å². The highest BCUT2D eigenvalue weighted by atomic mass is 32.2. The van der Waals surface area contributed by atoms with Crippen molar-refractivity contribution in [2.45, 2.75) is 17.2 Å². The fourth-order valence-corrected chi connectivity index (χ4v) is 4.00. The molecule has 0 radical (unpaired) electrons. The van der Waals surface area contributed by atoms with E-state index in [0.29, 0.717) is 16.8 Å². The van der Waals surface area contributed by atoms with Crippen LogP contribution in [0.15, 0.2) is 58.4 Å². The number of hydrogen-bond donors (Lipinski definition) is 1. The van der Waals surface area contributed by atoms with Crippen LogP contribution in [0.4, 0.5) is 8.78 Å². The van der Waals surface area contributed by atoms with Gasteiger partial charge in [0.2, 0.25) is 0 Å². The number of H-pyrrole nitrogens is 1. The van der Waals surface area contributed by atoms with Gasteiger partial charge in [-0.25, -0.2) is 18.4 Å². The van der Waals surface area contributed by atoms with Gasteiger partial charge in [0.25, 0.3) is 0 Å². The summed E-state index contributed by atoms with van der Waals surface area (Å²) < 4.78 is 31.6. The smallest absolute Gasteiger partial charge is 0.346 e. The Morgan fingerprint density at radius 1 is 1.04 bits per heavy atom. The molecule has 0 amide bonds. The third kappa shape index (κ3) is 4.28. The summed E-state index contributed by atoms with van der Waals surface area (Å²) in [6.45, 7) is 1.57. The van der Waals surface area contributed by atoms with E-state index in [1.54, 1.807) is 31.2 Å². The van der Waals surface area contributed by atoms with E-state index in [0.717, 1.165) is 11.8 Å². The van der Waals surface area contributed by atoms with Gasteiger partial charge in [-0.15, -0.1) is 0 Å². The van der Waals surface area contributed by atoms with Gasteiger partial charge in [-0.2, -0.15) is 4.98 Å². The molecule has 0 aliphatic rings. The standard InChI is InChI=1S/C20H16F2N2O3S/c1-11-16(19(25)27-2)18(24-20(26)23-11)28-17(12-3-7-14(21)8-4-12)13-5-9-15(22)10-6-13/h3-10,17H,1-2H3,(H,23,24,26). The lowest BCUT2D eigenvalue weighted by Crippen LogP contribution is -2.19. The van der Waals surface area contributed by atoms with Crippen LogP contribution in [-0.2, 0) is 4.74 Å². The molecule has 3 aromatic rings. The monoisotopic (exact) mass is 402 g/mol. The minimum atomic E-state index is -0.638. The van der Waals surface area contributed by atoms with Crippen molar-refractivity contribution in [3.05, 3.63) is 93.0 Å². The first-order valence-corrected chi connectivity index (χ1v) is 9.14. The molecule has 0 aliphatic carbocycles. The number of nitrogens with one attached hydrogen (secondary N) is 1. The fraction of sp³-hybridized carbons (Fsp3) is 0.150. The summed E-state index contributed by atoms with van der Waals surface area (Å²) in [6, 6.07) is 11.6. The number of methoxy groups -OCH3 is 1. The maximum absolute atomic E-state index is 13.4. The Morgan fingerprint density at radius 3 is 2.00 bits per heavy atom. The summed E-state index contributed by atoms with van der Waals surface area (Å²) in [5.74, 6) is -1.43. The number of carbonyl (C=O) groups excluding carboxylic acids is 1. The molecule has 1 heterocycles. The number of nitrogens with zero attached hydrogens (tertiary/aromatic N) is 1. The Bertz CT molecular complexity index is 1010. The topological polar surface area (TPSA) is 72.0 Å². The lowest BCUT2D eigenvalue weighted by Gasteiger charge is -2.19. The Labute approximate surface area is 163 Å². The van der Waals surface area contributed by atoms with Crippen molar-refractivity contribution in [1.29, 1.82) is 0 Å². The SMILES string of the molecule is COC(=O)c1c(SC(c2ccc(F)cc2)c2ccc(F)cc2)nc(=O)[nH]c1C. The first-order valence-electron chi connectivity index (χ1n) is 8.26. The van der Waals surface area contributed by atoms with Crippen molar-refractivity contribution in [2.24, 2.45) is 0 Å². The van der Waals surface area contributed by atoms with Crippen molar-refractivity contribution in [3.8, 4) is 0 Å². The molecule has 0 spiro atoms. The number of benzene rings is 2. The maximum Gasteiger partial charge on any atom is 0.346 e. The third-order valence-corrected chi connectivity index (χ3v) is 5.35. The number of esters is 1. The minimum Gasteiger partial charge on any atom is -0.465 e. The van der Waals surface area contributed by atoms with Gasteiger partial charge >= 0.3 is 11.7 Å². The van der Waals surface area contributed by atoms with Gasteiger partial charge in [-0.05, 0) is 42.3 Å². The van der Waals surface area contributed by atoms with E-state index in [-0.39, 0.29) is 10.6 Å². The highest BCUT2D eigenvalue weighted by Gasteiger charge is 2.24. The van der Waals surface area contributed by atoms with Crippen molar-refractivity contribution in [3.63, 3.8) is 0 Å². The predicted molar refractivity (Wildman–Crippen MR) is 101 cm³/mol. The van der Waals surface area contributed by atoms with Crippen LogP contribution in [0, 0.1) is 18.6 Å². The van der Waals surface area contributed by atoms with Crippen LogP contribution in [-0.4, -0.2) is 23.0 Å². The number of ether oxygens (including phenoxy) is 1. The first-order chi connectivity index (χ1) is 13.4. The predicted octanol–water partition coefficient (Wildman–Crippen LogP) is 4.02. The normalized spacial score (nSPS) is 10.9. The van der Waals surface area contributed by atoms with Crippen LogP contribution < -0.4 is 5.69 Å². The van der Waals surface area contributed by atoms with E-state index < -0.39 is 28.5 Å². The molecule has 1 aromatic heterocycles. The highest BCUT2D eigenvalue weighted by molar-refractivity contribution is 7.99. The molecular weight excluding hydrogens is 386 g/mol. The number of hydrogen-bond acceptors (Lipinski definition) is 5. The van der Waals surface area contributed by atoms with Crippen LogP contribution in [0.2, 0.25) is 0 Å². The molecule has 5 nitrogen and oxygen atoms in total. The van der Waals surface area contributed by atoms with Gasteiger partial charge in [0.05, 0.1) is 12.4 Å². The average molecular weight is 402 g/mol. The summed E-state index contributed by atoms with van der Waals surface area (Å²) in [5, 5.41) is -0.287. The summed E-state index contributed by atoms with van der Waals surface area (Å²) in [4.78, 5) is 30.5. The number of aryl methyl sites for hydroxylation is 1. The Kier molecular flexibility index (Phi) is 5.89. The highest BCUT2D eigenvalue weighted by Crippen LogP contribution is 2.41. The van der Waals surface area contributed by atoms with Crippen LogP contribution in [0.5, 0.6) is 0 Å². The first kappa shape index (κ1) is 19.8. The van der Waals surface area contributed by atoms with Gasteiger partial charge in [-0.3, -0.25) is 0 Å². The summed E-state index contributed by atoms with van der Waals surface area (Å²) in [7, 11) is 1.23. The van der Waals surface area contributed by atoms with E-state index in [2.05, 4.69) is 9.97 Å². The molecule has 144 valence electrons. The molecule has 0 atom stereocenters. The molecule has 0 saturated carbocycles. The second-order valence-electron chi connectivity index (χ2n) is 5.94. The molecule has 0 saturated heterocycles. The quantitative estimate of drug-likeness (QED) is 0.396. The number of thioether (sulfide) groups is 1. The van der Waals surface area contributed by atoms with Gasteiger partial charge in [0.1, 0.15) is 22.2 Å². The Morgan fingerprint density at radius 2 is 1.54 bits per heavy atom. The molecule has 8 heteroatoms. The number of halogens is 2. The molecule has 0 bridgehead atoms. The van der Waals surface area contributed by atoms with Gasteiger partial charge in [-0.1, -0.05) is 36.0 Å². The lowest BCUT2D eigenvalue weighted by molar-refractivity contribution is 0.0594. The molecule has 3 rings (SSSR count). The Hall–Kier alpha value is -3.00. The second-order valence-corrected chi connectivity index (χ2v) is 7.03. The molecule has 0 aliphatic heterocycles. The number of aromatic amines is 1. The van der Waals surface area contributed by atoms with E-state index >= 15 is 0 Å². The van der Waals surface area contributed by atoms with Crippen molar-refractivity contribution in [2.75, 3.05) is 7.11 Å². The van der Waals surface area contributed by atoms with E-state index in [1.165, 1.54) is 31.4 Å². The summed E-state index contributed by atoms with van der Waals surface area (Å²) in [6.07, 6.45) is 0. The van der Waals surface area contributed by atoms with Crippen LogP contribution >= 0.6 is 11.8 Å².